The van der Waals surface area contributed by atoms with E-state index in [0.717, 1.165) is 43.0 Å². The highest BCUT2D eigenvalue weighted by Gasteiger charge is 2.22. The number of hydrogen-bond acceptors (Lipinski definition) is 7. The monoisotopic (exact) mass is 447 g/mol. The van der Waals surface area contributed by atoms with Gasteiger partial charge in [0.05, 0.1) is 30.8 Å². The predicted molar refractivity (Wildman–Crippen MR) is 126 cm³/mol. The molecule has 7 nitrogen and oxygen atoms in total. The SMILES string of the molecule is COc1cc(C)cc(C(C)Nc2cc(N3CCN(C)CC3)ccc2S(C)(=O)=O)c1OC. The molecule has 0 aliphatic carbocycles. The summed E-state index contributed by atoms with van der Waals surface area (Å²) in [6.07, 6.45) is 1.24. The van der Waals surface area contributed by atoms with Gasteiger partial charge in [0.25, 0.3) is 0 Å². The van der Waals surface area contributed by atoms with Crippen LogP contribution in [-0.2, 0) is 9.84 Å². The van der Waals surface area contributed by atoms with Crippen molar-refractivity contribution in [3.63, 3.8) is 0 Å². The standard InChI is InChI=1S/C23H33N3O4S/c1-16-13-19(23(30-5)21(14-16)29-4)17(2)24-20-15-18(7-8-22(20)31(6,27)28)26-11-9-25(3)10-12-26/h7-8,13-15,17,24H,9-12H2,1-6H3. The van der Waals surface area contributed by atoms with E-state index in [-0.39, 0.29) is 10.9 Å². The molecule has 0 aromatic heterocycles. The maximum absolute atomic E-state index is 12.5. The highest BCUT2D eigenvalue weighted by Crippen LogP contribution is 2.38. The van der Waals surface area contributed by atoms with Gasteiger partial charge in [-0.1, -0.05) is 6.07 Å². The van der Waals surface area contributed by atoms with E-state index < -0.39 is 9.84 Å². The summed E-state index contributed by atoms with van der Waals surface area (Å²) < 4.78 is 36.0. The lowest BCUT2D eigenvalue weighted by atomic mass is 10.0. The molecule has 2 aromatic rings. The lowest BCUT2D eigenvalue weighted by Crippen LogP contribution is -2.44. The van der Waals surface area contributed by atoms with Gasteiger partial charge in [-0.05, 0) is 50.7 Å². The number of hydrogen-bond donors (Lipinski definition) is 1. The summed E-state index contributed by atoms with van der Waals surface area (Å²) in [6, 6.07) is 9.29. The van der Waals surface area contributed by atoms with Crippen LogP contribution in [0.1, 0.15) is 24.1 Å². The number of nitrogens with one attached hydrogen (secondary N) is 1. The maximum atomic E-state index is 12.5. The Morgan fingerprint density at radius 1 is 1.03 bits per heavy atom. The van der Waals surface area contributed by atoms with E-state index in [0.29, 0.717) is 17.2 Å². The van der Waals surface area contributed by atoms with Crippen molar-refractivity contribution >= 4 is 21.2 Å². The molecule has 1 heterocycles. The Hall–Kier alpha value is -2.45. The Bertz CT molecular complexity index is 1030. The molecule has 8 heteroatoms. The smallest absolute Gasteiger partial charge is 0.177 e. The fourth-order valence-corrected chi connectivity index (χ4v) is 4.82. The summed E-state index contributed by atoms with van der Waals surface area (Å²) in [7, 11) is 1.94. The van der Waals surface area contributed by atoms with Crippen LogP contribution in [0.25, 0.3) is 0 Å². The number of anilines is 2. The van der Waals surface area contributed by atoms with Crippen molar-refractivity contribution in [1.29, 1.82) is 0 Å². The minimum Gasteiger partial charge on any atom is -0.493 e. The Balaban J connectivity index is 1.99. The lowest BCUT2D eigenvalue weighted by molar-refractivity contribution is 0.313. The van der Waals surface area contributed by atoms with Gasteiger partial charge >= 0.3 is 0 Å². The molecule has 1 aliphatic rings. The van der Waals surface area contributed by atoms with Crippen LogP contribution in [-0.4, -0.2) is 67.0 Å². The predicted octanol–water partition coefficient (Wildman–Crippen LogP) is 3.34. The third kappa shape index (κ3) is 5.25. The number of ether oxygens (including phenoxy) is 2. The number of nitrogens with zero attached hydrogens (tertiary/aromatic N) is 2. The van der Waals surface area contributed by atoms with E-state index in [1.54, 1.807) is 20.3 Å². The second kappa shape index (κ2) is 9.36. The molecular formula is C23H33N3O4S. The van der Waals surface area contributed by atoms with Crippen molar-refractivity contribution in [2.45, 2.75) is 24.8 Å². The number of rotatable bonds is 7. The molecule has 1 atom stereocenters. The third-order valence-electron chi connectivity index (χ3n) is 5.72. The number of aryl methyl sites for hydroxylation is 1. The minimum atomic E-state index is -3.40. The first-order chi connectivity index (χ1) is 14.6. The van der Waals surface area contributed by atoms with E-state index in [2.05, 4.69) is 22.2 Å². The van der Waals surface area contributed by atoms with E-state index >= 15 is 0 Å². The third-order valence-corrected chi connectivity index (χ3v) is 6.88. The maximum Gasteiger partial charge on any atom is 0.177 e. The molecule has 0 amide bonds. The molecule has 31 heavy (non-hydrogen) atoms. The van der Waals surface area contributed by atoms with Crippen molar-refractivity contribution in [3.8, 4) is 11.5 Å². The van der Waals surface area contributed by atoms with Crippen LogP contribution in [0.4, 0.5) is 11.4 Å². The Morgan fingerprint density at radius 3 is 2.29 bits per heavy atom. The van der Waals surface area contributed by atoms with Crippen LogP contribution in [0.5, 0.6) is 11.5 Å². The average Bonchev–Trinajstić information content (AvgIpc) is 2.72. The molecular weight excluding hydrogens is 414 g/mol. The summed E-state index contributed by atoms with van der Waals surface area (Å²) in [5.74, 6) is 1.30. The van der Waals surface area contributed by atoms with Crippen molar-refractivity contribution in [2.24, 2.45) is 0 Å². The normalized spacial score (nSPS) is 16.1. The fraction of sp³-hybridized carbons (Fsp3) is 0.478. The van der Waals surface area contributed by atoms with Crippen molar-refractivity contribution in [2.75, 3.05) is 63.9 Å². The summed E-state index contributed by atoms with van der Waals surface area (Å²) in [4.78, 5) is 4.87. The first kappa shape index (κ1) is 23.2. The van der Waals surface area contributed by atoms with E-state index in [9.17, 15) is 8.42 Å². The number of benzene rings is 2. The van der Waals surface area contributed by atoms with Crippen LogP contribution in [0.2, 0.25) is 0 Å². The Kier molecular flexibility index (Phi) is 7.01. The van der Waals surface area contributed by atoms with Crippen molar-refractivity contribution < 1.29 is 17.9 Å². The molecule has 1 fully saturated rings. The molecule has 0 bridgehead atoms. The molecule has 1 saturated heterocycles. The largest absolute Gasteiger partial charge is 0.493 e. The fourth-order valence-electron chi connectivity index (χ4n) is 3.99. The van der Waals surface area contributed by atoms with Crippen LogP contribution in [0.15, 0.2) is 35.2 Å². The van der Waals surface area contributed by atoms with E-state index in [4.69, 9.17) is 9.47 Å². The zero-order valence-corrected chi connectivity index (χ0v) is 20.0. The highest BCUT2D eigenvalue weighted by molar-refractivity contribution is 7.90. The van der Waals surface area contributed by atoms with Crippen molar-refractivity contribution in [1.82, 2.24) is 4.90 Å². The van der Waals surface area contributed by atoms with Crippen LogP contribution in [0.3, 0.4) is 0 Å². The summed E-state index contributed by atoms with van der Waals surface area (Å²) in [5.41, 5.74) is 3.55. The zero-order chi connectivity index (χ0) is 22.8. The summed E-state index contributed by atoms with van der Waals surface area (Å²) >= 11 is 0. The Labute approximate surface area is 185 Å². The molecule has 2 aromatic carbocycles. The van der Waals surface area contributed by atoms with Crippen molar-refractivity contribution in [3.05, 3.63) is 41.5 Å². The second-order valence-electron chi connectivity index (χ2n) is 8.20. The number of methoxy groups -OCH3 is 2. The number of piperazine rings is 1. The summed E-state index contributed by atoms with van der Waals surface area (Å²) in [5, 5.41) is 3.42. The van der Waals surface area contributed by atoms with E-state index in [1.165, 1.54) is 6.26 Å². The van der Waals surface area contributed by atoms with Gasteiger partial charge < -0.3 is 24.6 Å². The first-order valence-electron chi connectivity index (χ1n) is 10.4. The first-order valence-corrected chi connectivity index (χ1v) is 12.3. The van der Waals surface area contributed by atoms with Gasteiger partial charge in [-0.3, -0.25) is 0 Å². The second-order valence-corrected chi connectivity index (χ2v) is 10.2. The van der Waals surface area contributed by atoms with Gasteiger partial charge in [-0.25, -0.2) is 8.42 Å². The van der Waals surface area contributed by atoms with Crippen LogP contribution < -0.4 is 19.7 Å². The van der Waals surface area contributed by atoms with Gasteiger partial charge in [0.1, 0.15) is 0 Å². The lowest BCUT2D eigenvalue weighted by Gasteiger charge is -2.34. The quantitative estimate of drug-likeness (QED) is 0.698. The Morgan fingerprint density at radius 2 is 1.71 bits per heavy atom. The van der Waals surface area contributed by atoms with Gasteiger partial charge in [0, 0.05) is 43.7 Å². The van der Waals surface area contributed by atoms with Gasteiger partial charge in [-0.15, -0.1) is 0 Å². The van der Waals surface area contributed by atoms with Gasteiger partial charge in [-0.2, -0.15) is 0 Å². The molecule has 3 rings (SSSR count). The molecule has 1 unspecified atom stereocenters. The topological polar surface area (TPSA) is 71.1 Å². The number of sulfone groups is 1. The molecule has 0 radical (unpaired) electrons. The average molecular weight is 448 g/mol. The zero-order valence-electron chi connectivity index (χ0n) is 19.2. The van der Waals surface area contributed by atoms with Gasteiger partial charge in [0.2, 0.25) is 0 Å². The minimum absolute atomic E-state index is 0.202. The summed E-state index contributed by atoms with van der Waals surface area (Å²) in [6.45, 7) is 7.76. The highest BCUT2D eigenvalue weighted by atomic mass is 32.2. The molecule has 0 saturated carbocycles. The van der Waals surface area contributed by atoms with Crippen LogP contribution in [0, 0.1) is 6.92 Å². The molecule has 170 valence electrons. The van der Waals surface area contributed by atoms with Crippen LogP contribution >= 0.6 is 0 Å². The van der Waals surface area contributed by atoms with Gasteiger partial charge in [0.15, 0.2) is 21.3 Å². The molecule has 0 spiro atoms. The van der Waals surface area contributed by atoms with E-state index in [1.807, 2.05) is 38.1 Å². The molecule has 1 N–H and O–H groups in total. The molecule has 1 aliphatic heterocycles. The number of likely N-dealkylation sites (N-methyl/N-ethyl adjacent to an activating group) is 1.